The van der Waals surface area contributed by atoms with Crippen LogP contribution in [-0.2, 0) is 9.53 Å². The third-order valence-electron chi connectivity index (χ3n) is 6.68. The second-order valence-corrected chi connectivity index (χ2v) is 8.48. The van der Waals surface area contributed by atoms with E-state index in [0.29, 0.717) is 24.6 Å². The van der Waals surface area contributed by atoms with Gasteiger partial charge in [0.25, 0.3) is 5.91 Å². The van der Waals surface area contributed by atoms with Crippen molar-refractivity contribution in [2.24, 2.45) is 5.92 Å². The van der Waals surface area contributed by atoms with Crippen LogP contribution in [0.3, 0.4) is 0 Å². The lowest BCUT2D eigenvalue weighted by Gasteiger charge is -2.37. The van der Waals surface area contributed by atoms with Crippen LogP contribution in [0.25, 0.3) is 0 Å². The molecule has 0 spiro atoms. The Balaban J connectivity index is 1.51. The number of nitrogens with zero attached hydrogens (tertiary/aromatic N) is 3. The van der Waals surface area contributed by atoms with Crippen molar-refractivity contribution in [1.82, 2.24) is 20.0 Å². The third-order valence-corrected chi connectivity index (χ3v) is 6.68. The molecule has 1 atom stereocenters. The molecule has 3 aliphatic rings. The lowest BCUT2D eigenvalue weighted by molar-refractivity contribution is -0.128. The van der Waals surface area contributed by atoms with Crippen molar-refractivity contribution in [2.45, 2.75) is 70.4 Å². The van der Waals surface area contributed by atoms with Crippen molar-refractivity contribution >= 4 is 11.8 Å². The minimum Gasteiger partial charge on any atom is -0.381 e. The summed E-state index contributed by atoms with van der Waals surface area (Å²) >= 11 is 0. The van der Waals surface area contributed by atoms with Crippen LogP contribution in [0.1, 0.15) is 73.5 Å². The standard InChI is InChI=1S/C21H32N4O3/c1-15-18(14-23-25(15)17-7-11-28-12-8-17)21(27)24-10-9-22-20(26)19(24)13-16-5-3-2-4-6-16/h14,16-17,19H,2-13H2,1H3,(H,22,26)/t19-/m1/s1. The maximum atomic E-state index is 13.4. The minimum atomic E-state index is -0.352. The minimum absolute atomic E-state index is 0.000326. The molecular weight excluding hydrogens is 356 g/mol. The van der Waals surface area contributed by atoms with Crippen molar-refractivity contribution < 1.29 is 14.3 Å². The molecule has 2 aliphatic heterocycles. The number of hydrogen-bond acceptors (Lipinski definition) is 4. The summed E-state index contributed by atoms with van der Waals surface area (Å²) < 4.78 is 7.43. The van der Waals surface area contributed by atoms with Crippen LogP contribution < -0.4 is 5.32 Å². The number of piperazine rings is 1. The summed E-state index contributed by atoms with van der Waals surface area (Å²) in [5, 5.41) is 7.49. The first-order valence-corrected chi connectivity index (χ1v) is 10.9. The number of rotatable bonds is 4. The molecule has 0 bridgehead atoms. The molecule has 28 heavy (non-hydrogen) atoms. The van der Waals surface area contributed by atoms with Gasteiger partial charge in [-0.05, 0) is 32.1 Å². The molecule has 1 aromatic heterocycles. The summed E-state index contributed by atoms with van der Waals surface area (Å²) in [6, 6.07) is -0.0619. The Morgan fingerprint density at radius 2 is 1.96 bits per heavy atom. The maximum Gasteiger partial charge on any atom is 0.258 e. The number of ether oxygens (including phenoxy) is 1. The molecule has 0 unspecified atom stereocenters. The highest BCUT2D eigenvalue weighted by atomic mass is 16.5. The number of carbonyl (C=O) groups excluding carboxylic acids is 2. The van der Waals surface area contributed by atoms with Gasteiger partial charge < -0.3 is 15.0 Å². The molecule has 1 N–H and O–H groups in total. The van der Waals surface area contributed by atoms with Crippen molar-refractivity contribution in [3.8, 4) is 0 Å². The van der Waals surface area contributed by atoms with Gasteiger partial charge in [0.05, 0.1) is 17.8 Å². The molecule has 1 aromatic rings. The SMILES string of the molecule is Cc1c(C(=O)N2CCNC(=O)[C@H]2CC2CCCCC2)cnn1C1CCOCC1. The highest BCUT2D eigenvalue weighted by Gasteiger charge is 2.36. The van der Waals surface area contributed by atoms with E-state index < -0.39 is 0 Å². The van der Waals surface area contributed by atoms with E-state index in [1.807, 2.05) is 11.6 Å². The van der Waals surface area contributed by atoms with Crippen molar-refractivity contribution in [2.75, 3.05) is 26.3 Å². The summed E-state index contributed by atoms with van der Waals surface area (Å²) in [5.74, 6) is 0.495. The van der Waals surface area contributed by atoms with Crippen molar-refractivity contribution in [1.29, 1.82) is 0 Å². The number of aromatic nitrogens is 2. The Bertz CT molecular complexity index is 705. The molecule has 0 radical (unpaired) electrons. The Morgan fingerprint density at radius 3 is 2.71 bits per heavy atom. The maximum absolute atomic E-state index is 13.4. The number of nitrogens with one attached hydrogen (secondary N) is 1. The monoisotopic (exact) mass is 388 g/mol. The van der Waals surface area contributed by atoms with Gasteiger partial charge in [-0.1, -0.05) is 32.1 Å². The number of carbonyl (C=O) groups is 2. The normalized spacial score (nSPS) is 25.0. The highest BCUT2D eigenvalue weighted by molar-refractivity contribution is 5.98. The van der Waals surface area contributed by atoms with E-state index in [1.165, 1.54) is 32.1 Å². The van der Waals surface area contributed by atoms with Crippen molar-refractivity contribution in [3.63, 3.8) is 0 Å². The fourth-order valence-corrected chi connectivity index (χ4v) is 5.02. The zero-order valence-corrected chi connectivity index (χ0v) is 16.9. The fraction of sp³-hybridized carbons (Fsp3) is 0.762. The summed E-state index contributed by atoms with van der Waals surface area (Å²) in [6.45, 7) is 4.55. The number of amides is 2. The van der Waals surface area contributed by atoms with Gasteiger partial charge in [0.15, 0.2) is 0 Å². The molecule has 2 saturated heterocycles. The Morgan fingerprint density at radius 1 is 1.21 bits per heavy atom. The quantitative estimate of drug-likeness (QED) is 0.860. The van der Waals surface area contributed by atoms with Gasteiger partial charge in [-0.2, -0.15) is 5.10 Å². The average molecular weight is 389 g/mol. The summed E-state index contributed by atoms with van der Waals surface area (Å²) in [6.07, 6.45) is 10.4. The number of hydrogen-bond donors (Lipinski definition) is 1. The Kier molecular flexibility index (Phi) is 5.99. The molecule has 7 heteroatoms. The second kappa shape index (κ2) is 8.64. The van der Waals surface area contributed by atoms with Crippen LogP contribution in [0.2, 0.25) is 0 Å². The van der Waals surface area contributed by atoms with E-state index in [0.717, 1.165) is 38.2 Å². The second-order valence-electron chi connectivity index (χ2n) is 8.48. The van der Waals surface area contributed by atoms with Crippen LogP contribution in [0, 0.1) is 12.8 Å². The highest BCUT2D eigenvalue weighted by Crippen LogP contribution is 2.30. The first-order chi connectivity index (χ1) is 13.6. The lowest BCUT2D eigenvalue weighted by Crippen LogP contribution is -2.57. The van der Waals surface area contributed by atoms with Gasteiger partial charge in [0.1, 0.15) is 6.04 Å². The van der Waals surface area contributed by atoms with E-state index in [2.05, 4.69) is 10.4 Å². The average Bonchev–Trinajstić information content (AvgIpc) is 3.12. The topological polar surface area (TPSA) is 76.5 Å². The van der Waals surface area contributed by atoms with Gasteiger partial charge in [-0.25, -0.2) is 0 Å². The predicted molar refractivity (Wildman–Crippen MR) is 105 cm³/mol. The molecule has 2 amide bonds. The fourth-order valence-electron chi connectivity index (χ4n) is 5.02. The molecule has 4 rings (SSSR count). The summed E-state index contributed by atoms with van der Waals surface area (Å²) in [4.78, 5) is 27.8. The van der Waals surface area contributed by atoms with Crippen LogP contribution in [0.4, 0.5) is 0 Å². The molecule has 0 aromatic carbocycles. The molecule has 3 heterocycles. The van der Waals surface area contributed by atoms with Crippen LogP contribution >= 0.6 is 0 Å². The lowest BCUT2D eigenvalue weighted by atomic mass is 9.84. The summed E-state index contributed by atoms with van der Waals surface area (Å²) in [5.41, 5.74) is 1.54. The zero-order chi connectivity index (χ0) is 19.5. The molecular formula is C21H32N4O3. The van der Waals surface area contributed by atoms with Crippen molar-refractivity contribution in [3.05, 3.63) is 17.5 Å². The van der Waals surface area contributed by atoms with Gasteiger partial charge in [-0.15, -0.1) is 0 Å². The van der Waals surface area contributed by atoms with Crippen LogP contribution in [0.15, 0.2) is 6.20 Å². The smallest absolute Gasteiger partial charge is 0.258 e. The van der Waals surface area contributed by atoms with E-state index in [1.54, 1.807) is 11.1 Å². The zero-order valence-electron chi connectivity index (χ0n) is 16.9. The first kappa shape index (κ1) is 19.4. The van der Waals surface area contributed by atoms with Crippen LogP contribution in [-0.4, -0.2) is 58.8 Å². The molecule has 154 valence electrons. The van der Waals surface area contributed by atoms with Gasteiger partial charge in [0.2, 0.25) is 5.91 Å². The van der Waals surface area contributed by atoms with Gasteiger partial charge in [0, 0.05) is 32.0 Å². The van der Waals surface area contributed by atoms with E-state index in [-0.39, 0.29) is 23.9 Å². The largest absolute Gasteiger partial charge is 0.381 e. The van der Waals surface area contributed by atoms with E-state index in [4.69, 9.17) is 4.74 Å². The van der Waals surface area contributed by atoms with Gasteiger partial charge >= 0.3 is 0 Å². The third kappa shape index (κ3) is 3.95. The van der Waals surface area contributed by atoms with Gasteiger partial charge in [-0.3, -0.25) is 14.3 Å². The molecule has 3 fully saturated rings. The summed E-state index contributed by atoms with van der Waals surface area (Å²) in [7, 11) is 0. The molecule has 7 nitrogen and oxygen atoms in total. The van der Waals surface area contributed by atoms with E-state index >= 15 is 0 Å². The predicted octanol–water partition coefficient (Wildman–Crippen LogP) is 2.45. The molecule has 1 aliphatic carbocycles. The molecule has 1 saturated carbocycles. The van der Waals surface area contributed by atoms with Crippen LogP contribution in [0.5, 0.6) is 0 Å². The Labute approximate surface area is 166 Å². The Hall–Kier alpha value is -1.89. The first-order valence-electron chi connectivity index (χ1n) is 10.9. The van der Waals surface area contributed by atoms with E-state index in [9.17, 15) is 9.59 Å².